The molecule has 1 aromatic rings. The van der Waals surface area contributed by atoms with Gasteiger partial charge in [0.15, 0.2) is 0 Å². The molecule has 1 heterocycles. The van der Waals surface area contributed by atoms with Gasteiger partial charge in [-0.3, -0.25) is 4.79 Å². The number of hydrogen-bond donors (Lipinski definition) is 2. The van der Waals surface area contributed by atoms with Gasteiger partial charge in [-0.15, -0.1) is 0 Å². The molecule has 15 heavy (non-hydrogen) atoms. The molecule has 0 spiro atoms. The number of rotatable bonds is 1. The number of carboxylic acid groups (broad SMARTS) is 1. The average molecular weight is 228 g/mol. The molecule has 80 valence electrons. The van der Waals surface area contributed by atoms with Crippen LogP contribution in [-0.2, 0) is 11.2 Å². The maximum atomic E-state index is 10.8. The third kappa shape index (κ3) is 1.85. The number of hydrogen-bond acceptors (Lipinski definition) is 3. The molecule has 2 rings (SSSR count). The Morgan fingerprint density at radius 1 is 1.60 bits per heavy atom. The second-order valence-corrected chi connectivity index (χ2v) is 3.97. The standard InChI is InChI=1S/C10H10ClNO3/c11-7-2-5-1-6(10(13)14)4-15-9(5)8(12)3-7/h2-3,6H,1,4,12H2,(H,13,14). The van der Waals surface area contributed by atoms with Gasteiger partial charge >= 0.3 is 5.97 Å². The van der Waals surface area contributed by atoms with Crippen LogP contribution in [0, 0.1) is 5.92 Å². The van der Waals surface area contributed by atoms with E-state index in [4.69, 9.17) is 27.2 Å². The fraction of sp³-hybridized carbons (Fsp3) is 0.300. The van der Waals surface area contributed by atoms with Gasteiger partial charge in [-0.2, -0.15) is 0 Å². The van der Waals surface area contributed by atoms with Gasteiger partial charge in [0.1, 0.15) is 12.4 Å². The Kier molecular flexibility index (Phi) is 2.44. The number of ether oxygens (including phenoxy) is 1. The molecule has 0 aliphatic carbocycles. The number of anilines is 1. The molecule has 0 saturated carbocycles. The highest BCUT2D eigenvalue weighted by Gasteiger charge is 2.27. The van der Waals surface area contributed by atoms with Crippen molar-refractivity contribution in [1.29, 1.82) is 0 Å². The van der Waals surface area contributed by atoms with Crippen molar-refractivity contribution in [3.05, 3.63) is 22.7 Å². The summed E-state index contributed by atoms with van der Waals surface area (Å²) in [5.41, 5.74) is 6.93. The highest BCUT2D eigenvalue weighted by Crippen LogP contribution is 2.35. The van der Waals surface area contributed by atoms with Gasteiger partial charge in [0.05, 0.1) is 11.6 Å². The van der Waals surface area contributed by atoms with Crippen molar-refractivity contribution in [2.75, 3.05) is 12.3 Å². The summed E-state index contributed by atoms with van der Waals surface area (Å²) < 4.78 is 5.32. The molecular weight excluding hydrogens is 218 g/mol. The zero-order valence-corrected chi connectivity index (χ0v) is 8.62. The Bertz CT molecular complexity index is 419. The van der Waals surface area contributed by atoms with Crippen molar-refractivity contribution in [1.82, 2.24) is 0 Å². The lowest BCUT2D eigenvalue weighted by Crippen LogP contribution is -2.28. The predicted octanol–water partition coefficient (Wildman–Crippen LogP) is 1.56. The van der Waals surface area contributed by atoms with E-state index in [1.807, 2.05) is 0 Å². The van der Waals surface area contributed by atoms with Crippen LogP contribution in [-0.4, -0.2) is 17.7 Å². The minimum Gasteiger partial charge on any atom is -0.490 e. The zero-order valence-electron chi connectivity index (χ0n) is 7.87. The summed E-state index contributed by atoms with van der Waals surface area (Å²) >= 11 is 5.83. The Labute approximate surface area is 91.6 Å². The normalized spacial score (nSPS) is 19.1. The summed E-state index contributed by atoms with van der Waals surface area (Å²) in [5, 5.41) is 9.36. The molecule has 1 aliphatic heterocycles. The van der Waals surface area contributed by atoms with E-state index < -0.39 is 11.9 Å². The fourth-order valence-electron chi connectivity index (χ4n) is 1.67. The minimum absolute atomic E-state index is 0.161. The van der Waals surface area contributed by atoms with Crippen LogP contribution in [0.5, 0.6) is 5.75 Å². The SMILES string of the molecule is Nc1cc(Cl)cc2c1OCC(C(=O)O)C2. The number of nitrogens with two attached hydrogens (primary N) is 1. The Morgan fingerprint density at radius 3 is 3.00 bits per heavy atom. The molecule has 1 aliphatic rings. The van der Waals surface area contributed by atoms with Gasteiger partial charge in [0.25, 0.3) is 0 Å². The van der Waals surface area contributed by atoms with E-state index >= 15 is 0 Å². The molecule has 1 unspecified atom stereocenters. The quantitative estimate of drug-likeness (QED) is 0.714. The first-order valence-electron chi connectivity index (χ1n) is 4.51. The van der Waals surface area contributed by atoms with Crippen molar-refractivity contribution < 1.29 is 14.6 Å². The second-order valence-electron chi connectivity index (χ2n) is 3.53. The lowest BCUT2D eigenvalue weighted by atomic mass is 9.96. The molecular formula is C10H10ClNO3. The Hall–Kier alpha value is -1.42. The molecule has 0 aromatic heterocycles. The number of nitrogen functional groups attached to an aromatic ring is 1. The third-order valence-corrected chi connectivity index (χ3v) is 2.62. The lowest BCUT2D eigenvalue weighted by Gasteiger charge is -2.23. The number of halogens is 1. The van der Waals surface area contributed by atoms with Crippen LogP contribution in [0.4, 0.5) is 5.69 Å². The summed E-state index contributed by atoms with van der Waals surface area (Å²) in [6.45, 7) is 0.161. The first-order valence-corrected chi connectivity index (χ1v) is 4.89. The average Bonchev–Trinajstić information content (AvgIpc) is 2.16. The molecule has 5 heteroatoms. The van der Waals surface area contributed by atoms with Crippen LogP contribution >= 0.6 is 11.6 Å². The van der Waals surface area contributed by atoms with Gasteiger partial charge in [0.2, 0.25) is 0 Å². The molecule has 3 N–H and O–H groups in total. The van der Waals surface area contributed by atoms with E-state index in [1.165, 1.54) is 0 Å². The predicted molar refractivity (Wildman–Crippen MR) is 56.2 cm³/mol. The smallest absolute Gasteiger partial charge is 0.310 e. The summed E-state index contributed by atoms with van der Waals surface area (Å²) in [7, 11) is 0. The number of carboxylic acids is 1. The zero-order chi connectivity index (χ0) is 11.0. The topological polar surface area (TPSA) is 72.5 Å². The highest BCUT2D eigenvalue weighted by atomic mass is 35.5. The molecule has 0 bridgehead atoms. The minimum atomic E-state index is -0.862. The van der Waals surface area contributed by atoms with Gasteiger partial charge in [0, 0.05) is 5.02 Å². The first-order chi connectivity index (χ1) is 7.08. The molecule has 0 amide bonds. The van der Waals surface area contributed by atoms with Crippen molar-refractivity contribution in [3.8, 4) is 5.75 Å². The summed E-state index contributed by atoms with van der Waals surface area (Å²) in [6.07, 6.45) is 0.412. The molecule has 1 aromatic carbocycles. The Morgan fingerprint density at radius 2 is 2.33 bits per heavy atom. The van der Waals surface area contributed by atoms with Gasteiger partial charge in [-0.1, -0.05) is 11.6 Å². The molecule has 4 nitrogen and oxygen atoms in total. The molecule has 0 fully saturated rings. The lowest BCUT2D eigenvalue weighted by molar-refractivity contribution is -0.143. The first kappa shape index (κ1) is 10.1. The number of carbonyl (C=O) groups is 1. The van der Waals surface area contributed by atoms with Crippen molar-refractivity contribution in [3.63, 3.8) is 0 Å². The van der Waals surface area contributed by atoms with Gasteiger partial charge < -0.3 is 15.6 Å². The van der Waals surface area contributed by atoms with E-state index in [0.29, 0.717) is 22.9 Å². The molecule has 0 saturated heterocycles. The fourth-order valence-corrected chi connectivity index (χ4v) is 1.92. The maximum absolute atomic E-state index is 10.8. The van der Waals surface area contributed by atoms with Crippen LogP contribution in [0.25, 0.3) is 0 Å². The van der Waals surface area contributed by atoms with Gasteiger partial charge in [-0.05, 0) is 24.1 Å². The van der Waals surface area contributed by atoms with Crippen LogP contribution in [0.1, 0.15) is 5.56 Å². The number of aliphatic carboxylic acids is 1. The van der Waals surface area contributed by atoms with Crippen molar-refractivity contribution >= 4 is 23.3 Å². The Balaban J connectivity index is 2.37. The molecule has 1 atom stereocenters. The van der Waals surface area contributed by atoms with Gasteiger partial charge in [-0.25, -0.2) is 0 Å². The van der Waals surface area contributed by atoms with Crippen molar-refractivity contribution in [2.24, 2.45) is 5.92 Å². The van der Waals surface area contributed by atoms with E-state index in [0.717, 1.165) is 5.56 Å². The number of fused-ring (bicyclic) bond motifs is 1. The maximum Gasteiger partial charge on any atom is 0.310 e. The van der Waals surface area contributed by atoms with E-state index in [-0.39, 0.29) is 6.61 Å². The van der Waals surface area contributed by atoms with E-state index in [9.17, 15) is 4.79 Å². The summed E-state index contributed by atoms with van der Waals surface area (Å²) in [4.78, 5) is 10.8. The number of benzene rings is 1. The van der Waals surface area contributed by atoms with E-state index in [1.54, 1.807) is 12.1 Å². The van der Waals surface area contributed by atoms with Crippen LogP contribution < -0.4 is 10.5 Å². The van der Waals surface area contributed by atoms with Crippen LogP contribution in [0.3, 0.4) is 0 Å². The largest absolute Gasteiger partial charge is 0.490 e. The summed E-state index contributed by atoms with van der Waals surface area (Å²) in [5.74, 6) is -0.813. The monoisotopic (exact) mass is 227 g/mol. The van der Waals surface area contributed by atoms with Crippen molar-refractivity contribution in [2.45, 2.75) is 6.42 Å². The van der Waals surface area contributed by atoms with E-state index in [2.05, 4.69) is 0 Å². The molecule has 0 radical (unpaired) electrons. The van der Waals surface area contributed by atoms with Crippen LogP contribution in [0.15, 0.2) is 12.1 Å². The van der Waals surface area contributed by atoms with Crippen LogP contribution in [0.2, 0.25) is 5.02 Å². The highest BCUT2D eigenvalue weighted by molar-refractivity contribution is 6.31. The second kappa shape index (κ2) is 3.62. The summed E-state index contributed by atoms with van der Waals surface area (Å²) in [6, 6.07) is 3.30. The third-order valence-electron chi connectivity index (χ3n) is 2.40.